The number of hydrogen-bond donors (Lipinski definition) is 2. The van der Waals surface area contributed by atoms with E-state index < -0.39 is 0 Å². The zero-order valence-corrected chi connectivity index (χ0v) is 11.1. The van der Waals surface area contributed by atoms with Crippen LogP contribution in [0.2, 0.25) is 0 Å². The van der Waals surface area contributed by atoms with Crippen LogP contribution in [0.25, 0.3) is 0 Å². The van der Waals surface area contributed by atoms with Gasteiger partial charge in [0.15, 0.2) is 0 Å². The van der Waals surface area contributed by atoms with E-state index in [9.17, 15) is 4.79 Å². The van der Waals surface area contributed by atoms with Crippen molar-refractivity contribution >= 4 is 5.91 Å². The summed E-state index contributed by atoms with van der Waals surface area (Å²) in [4.78, 5) is 11.9. The normalized spacial score (nSPS) is 21.4. The van der Waals surface area contributed by atoms with Crippen molar-refractivity contribution in [1.82, 2.24) is 5.32 Å². The van der Waals surface area contributed by atoms with Crippen LogP contribution in [0, 0.1) is 5.92 Å². The lowest BCUT2D eigenvalue weighted by atomic mass is 10.1. The molecule has 0 radical (unpaired) electrons. The van der Waals surface area contributed by atoms with Crippen molar-refractivity contribution < 1.29 is 9.53 Å². The van der Waals surface area contributed by atoms with Gasteiger partial charge < -0.3 is 15.8 Å². The van der Waals surface area contributed by atoms with Gasteiger partial charge in [-0.05, 0) is 24.5 Å². The molecule has 2 rings (SSSR count). The van der Waals surface area contributed by atoms with Gasteiger partial charge in [0, 0.05) is 12.6 Å². The summed E-state index contributed by atoms with van der Waals surface area (Å²) in [7, 11) is 1.65. The van der Waals surface area contributed by atoms with Gasteiger partial charge in [-0.15, -0.1) is 0 Å². The Kier molecular flexibility index (Phi) is 4.58. The lowest BCUT2D eigenvalue weighted by Gasteiger charge is -2.12. The third-order valence-electron chi connectivity index (χ3n) is 3.34. The van der Waals surface area contributed by atoms with E-state index in [1.54, 1.807) is 7.11 Å². The lowest BCUT2D eigenvalue weighted by molar-refractivity contribution is -0.123. The molecule has 0 bridgehead atoms. The number of rotatable bonds is 5. The molecule has 1 aliphatic carbocycles. The Labute approximate surface area is 113 Å². The fourth-order valence-corrected chi connectivity index (χ4v) is 2.28. The first kappa shape index (κ1) is 13.6. The molecular formula is C15H20N2O2. The largest absolute Gasteiger partial charge is 0.496 e. The van der Waals surface area contributed by atoms with Gasteiger partial charge in [-0.1, -0.05) is 30.4 Å². The third-order valence-corrected chi connectivity index (χ3v) is 3.34. The van der Waals surface area contributed by atoms with E-state index in [2.05, 4.69) is 5.32 Å². The van der Waals surface area contributed by atoms with Gasteiger partial charge in [-0.2, -0.15) is 0 Å². The summed E-state index contributed by atoms with van der Waals surface area (Å²) in [5.41, 5.74) is 6.84. The van der Waals surface area contributed by atoms with Crippen molar-refractivity contribution in [3.63, 3.8) is 0 Å². The highest BCUT2D eigenvalue weighted by molar-refractivity contribution is 5.81. The maximum Gasteiger partial charge on any atom is 0.227 e. The van der Waals surface area contributed by atoms with Gasteiger partial charge in [0.1, 0.15) is 5.75 Å². The molecule has 1 aromatic rings. The van der Waals surface area contributed by atoms with Crippen molar-refractivity contribution in [3.8, 4) is 5.75 Å². The first-order valence-electron chi connectivity index (χ1n) is 6.54. The van der Waals surface area contributed by atoms with E-state index in [4.69, 9.17) is 10.5 Å². The number of amides is 1. The molecule has 1 amide bonds. The monoisotopic (exact) mass is 260 g/mol. The Balaban J connectivity index is 1.80. The number of benzene rings is 1. The molecule has 2 unspecified atom stereocenters. The second kappa shape index (κ2) is 6.38. The minimum atomic E-state index is -0.0762. The number of carbonyl (C=O) groups excluding carboxylic acids is 1. The van der Waals surface area contributed by atoms with Crippen LogP contribution >= 0.6 is 0 Å². The highest BCUT2D eigenvalue weighted by atomic mass is 16.5. The highest BCUT2D eigenvalue weighted by Gasteiger charge is 2.22. The fourth-order valence-electron chi connectivity index (χ4n) is 2.28. The number of nitrogens with one attached hydrogen (secondary N) is 1. The summed E-state index contributed by atoms with van der Waals surface area (Å²) in [6, 6.07) is 7.86. The second-order valence-corrected chi connectivity index (χ2v) is 4.74. The van der Waals surface area contributed by atoms with Crippen LogP contribution in [0.1, 0.15) is 12.0 Å². The fraction of sp³-hybridized carbons (Fsp3) is 0.400. The van der Waals surface area contributed by atoms with E-state index in [1.165, 1.54) is 0 Å². The minimum Gasteiger partial charge on any atom is -0.496 e. The Bertz CT molecular complexity index is 471. The van der Waals surface area contributed by atoms with Gasteiger partial charge in [0.2, 0.25) is 5.91 Å². The van der Waals surface area contributed by atoms with Crippen LogP contribution in [0.4, 0.5) is 0 Å². The van der Waals surface area contributed by atoms with E-state index in [-0.39, 0.29) is 17.9 Å². The lowest BCUT2D eigenvalue weighted by Crippen LogP contribution is -2.32. The van der Waals surface area contributed by atoms with E-state index >= 15 is 0 Å². The molecule has 0 spiro atoms. The third kappa shape index (κ3) is 3.58. The number of ether oxygens (including phenoxy) is 1. The van der Waals surface area contributed by atoms with Crippen molar-refractivity contribution in [2.24, 2.45) is 11.7 Å². The van der Waals surface area contributed by atoms with Gasteiger partial charge >= 0.3 is 0 Å². The predicted octanol–water partition coefficient (Wildman–Crippen LogP) is 1.26. The smallest absolute Gasteiger partial charge is 0.227 e. The molecule has 4 heteroatoms. The molecule has 1 aliphatic rings. The molecule has 0 aromatic heterocycles. The van der Waals surface area contributed by atoms with Crippen LogP contribution in [-0.4, -0.2) is 25.6 Å². The van der Waals surface area contributed by atoms with Crippen LogP contribution < -0.4 is 15.8 Å². The van der Waals surface area contributed by atoms with Gasteiger partial charge in [-0.25, -0.2) is 0 Å². The SMILES string of the molecule is COc1ccccc1CCNC(=O)C1C=CC(N)C1. The van der Waals surface area contributed by atoms with E-state index in [0.29, 0.717) is 13.0 Å². The molecule has 0 heterocycles. The molecule has 0 saturated heterocycles. The number of para-hydroxylation sites is 1. The summed E-state index contributed by atoms with van der Waals surface area (Å²) in [6.07, 6.45) is 5.26. The zero-order chi connectivity index (χ0) is 13.7. The molecule has 2 atom stereocenters. The van der Waals surface area contributed by atoms with Crippen molar-refractivity contribution in [1.29, 1.82) is 0 Å². The molecule has 19 heavy (non-hydrogen) atoms. The average molecular weight is 260 g/mol. The van der Waals surface area contributed by atoms with E-state index in [1.807, 2.05) is 36.4 Å². The number of methoxy groups -OCH3 is 1. The van der Waals surface area contributed by atoms with Crippen LogP contribution in [0.15, 0.2) is 36.4 Å². The Morgan fingerprint density at radius 2 is 2.21 bits per heavy atom. The molecule has 0 aliphatic heterocycles. The molecular weight excluding hydrogens is 240 g/mol. The molecule has 4 nitrogen and oxygen atoms in total. The number of carbonyl (C=O) groups is 1. The highest BCUT2D eigenvalue weighted by Crippen LogP contribution is 2.18. The van der Waals surface area contributed by atoms with Crippen molar-refractivity contribution in [2.45, 2.75) is 18.9 Å². The van der Waals surface area contributed by atoms with Gasteiger partial charge in [0.25, 0.3) is 0 Å². The maximum atomic E-state index is 11.9. The second-order valence-electron chi connectivity index (χ2n) is 4.74. The maximum absolute atomic E-state index is 11.9. The number of hydrogen-bond acceptors (Lipinski definition) is 3. The zero-order valence-electron chi connectivity index (χ0n) is 11.1. The molecule has 102 valence electrons. The molecule has 1 aromatic carbocycles. The van der Waals surface area contributed by atoms with Crippen molar-refractivity contribution in [3.05, 3.63) is 42.0 Å². The Morgan fingerprint density at radius 1 is 1.42 bits per heavy atom. The Morgan fingerprint density at radius 3 is 2.89 bits per heavy atom. The summed E-state index contributed by atoms with van der Waals surface area (Å²) in [6.45, 7) is 0.610. The first-order chi connectivity index (χ1) is 9.20. The predicted molar refractivity (Wildman–Crippen MR) is 74.9 cm³/mol. The topological polar surface area (TPSA) is 64.3 Å². The quantitative estimate of drug-likeness (QED) is 0.783. The van der Waals surface area contributed by atoms with Crippen LogP contribution in [0.5, 0.6) is 5.75 Å². The van der Waals surface area contributed by atoms with Gasteiger partial charge in [-0.3, -0.25) is 4.79 Å². The van der Waals surface area contributed by atoms with E-state index in [0.717, 1.165) is 17.7 Å². The molecule has 0 saturated carbocycles. The summed E-state index contributed by atoms with van der Waals surface area (Å²) in [5.74, 6) is 0.839. The average Bonchev–Trinajstić information content (AvgIpc) is 2.86. The minimum absolute atomic E-state index is 0.0185. The van der Waals surface area contributed by atoms with Crippen LogP contribution in [-0.2, 0) is 11.2 Å². The van der Waals surface area contributed by atoms with Crippen molar-refractivity contribution in [2.75, 3.05) is 13.7 Å². The number of nitrogens with two attached hydrogens (primary N) is 1. The molecule has 3 N–H and O–H groups in total. The summed E-state index contributed by atoms with van der Waals surface area (Å²) in [5, 5.41) is 2.94. The standard InChI is InChI=1S/C15H20N2O2/c1-19-14-5-3-2-4-11(14)8-9-17-15(18)12-6-7-13(16)10-12/h2-7,12-13H,8-10,16H2,1H3,(H,17,18). The molecule has 0 fully saturated rings. The van der Waals surface area contributed by atoms with Crippen LogP contribution in [0.3, 0.4) is 0 Å². The summed E-state index contributed by atoms with van der Waals surface area (Å²) < 4.78 is 5.28. The van der Waals surface area contributed by atoms with Gasteiger partial charge in [0.05, 0.1) is 13.0 Å². The Hall–Kier alpha value is -1.81. The summed E-state index contributed by atoms with van der Waals surface area (Å²) >= 11 is 0. The first-order valence-corrected chi connectivity index (χ1v) is 6.54.